The van der Waals surface area contributed by atoms with Crippen molar-refractivity contribution in [3.63, 3.8) is 0 Å². The van der Waals surface area contributed by atoms with Crippen molar-refractivity contribution < 1.29 is 0 Å². The van der Waals surface area contributed by atoms with Crippen molar-refractivity contribution in [2.75, 3.05) is 5.88 Å². The van der Waals surface area contributed by atoms with Gasteiger partial charge in [0.05, 0.1) is 0 Å². The number of aryl methyl sites for hydroxylation is 2. The molecular weight excluding hydrogens is 192 g/mol. The average molecular weight is 211 g/mol. The Morgan fingerprint density at radius 1 is 1.21 bits per heavy atom. The van der Waals surface area contributed by atoms with Crippen LogP contribution in [0.2, 0.25) is 0 Å². The largest absolute Gasteiger partial charge is 0.126 e. The number of rotatable bonds is 4. The van der Waals surface area contributed by atoms with E-state index in [1.54, 1.807) is 0 Å². The third kappa shape index (κ3) is 2.75. The lowest BCUT2D eigenvalue weighted by Crippen LogP contribution is -2.07. The van der Waals surface area contributed by atoms with Crippen molar-refractivity contribution in [2.24, 2.45) is 5.92 Å². The zero-order valence-corrected chi connectivity index (χ0v) is 10.1. The van der Waals surface area contributed by atoms with Gasteiger partial charge in [0.1, 0.15) is 0 Å². The lowest BCUT2D eigenvalue weighted by atomic mass is 9.92. The number of hydrogen-bond donors (Lipinski definition) is 0. The molecule has 0 radical (unpaired) electrons. The molecule has 1 unspecified atom stereocenters. The minimum absolute atomic E-state index is 0.622. The summed E-state index contributed by atoms with van der Waals surface area (Å²) in [7, 11) is 0. The van der Waals surface area contributed by atoms with Gasteiger partial charge in [0.15, 0.2) is 0 Å². The number of hydrogen-bond acceptors (Lipinski definition) is 0. The fraction of sp³-hybridized carbons (Fsp3) is 0.538. The maximum atomic E-state index is 5.92. The number of alkyl halides is 1. The van der Waals surface area contributed by atoms with Crippen LogP contribution in [0.25, 0.3) is 0 Å². The molecule has 1 atom stereocenters. The Bertz CT molecular complexity index is 267. The molecule has 0 saturated carbocycles. The van der Waals surface area contributed by atoms with Gasteiger partial charge in [-0.15, -0.1) is 11.6 Å². The molecule has 0 N–H and O–H groups in total. The summed E-state index contributed by atoms with van der Waals surface area (Å²) in [5, 5.41) is 0. The fourth-order valence-corrected chi connectivity index (χ4v) is 2.09. The van der Waals surface area contributed by atoms with E-state index in [0.717, 1.165) is 18.7 Å². The normalized spacial score (nSPS) is 12.9. The first-order chi connectivity index (χ1) is 6.69. The van der Waals surface area contributed by atoms with Crippen molar-refractivity contribution >= 4 is 11.6 Å². The van der Waals surface area contributed by atoms with Gasteiger partial charge in [0, 0.05) is 5.88 Å². The van der Waals surface area contributed by atoms with E-state index in [4.69, 9.17) is 11.6 Å². The van der Waals surface area contributed by atoms with Crippen molar-refractivity contribution in [3.8, 4) is 0 Å². The van der Waals surface area contributed by atoms with Crippen molar-refractivity contribution in [1.29, 1.82) is 0 Å². The molecule has 1 aromatic rings. The van der Waals surface area contributed by atoms with Crippen molar-refractivity contribution in [2.45, 2.75) is 33.6 Å². The molecule has 0 aliphatic carbocycles. The SMILES string of the molecule is CCC(CCl)Cc1c(C)cccc1C. The Hall–Kier alpha value is -0.490. The van der Waals surface area contributed by atoms with Gasteiger partial charge in [-0.2, -0.15) is 0 Å². The monoisotopic (exact) mass is 210 g/mol. The Labute approximate surface area is 92.3 Å². The summed E-state index contributed by atoms with van der Waals surface area (Å²) in [5.74, 6) is 1.39. The van der Waals surface area contributed by atoms with Crippen LogP contribution in [0.15, 0.2) is 18.2 Å². The van der Waals surface area contributed by atoms with Gasteiger partial charge in [-0.1, -0.05) is 31.5 Å². The third-order valence-electron chi connectivity index (χ3n) is 2.93. The van der Waals surface area contributed by atoms with Crippen LogP contribution in [-0.4, -0.2) is 5.88 Å². The lowest BCUT2D eigenvalue weighted by molar-refractivity contribution is 0.564. The Morgan fingerprint density at radius 3 is 2.21 bits per heavy atom. The molecule has 0 aliphatic rings. The first-order valence-corrected chi connectivity index (χ1v) is 5.83. The van der Waals surface area contributed by atoms with Crippen LogP contribution in [0.3, 0.4) is 0 Å². The standard InChI is InChI=1S/C13H19Cl/c1-4-12(9-14)8-13-10(2)6-5-7-11(13)3/h5-7,12H,4,8-9H2,1-3H3. The molecule has 0 spiro atoms. The quantitative estimate of drug-likeness (QED) is 0.657. The van der Waals surface area contributed by atoms with Gasteiger partial charge in [0.25, 0.3) is 0 Å². The van der Waals surface area contributed by atoms with Gasteiger partial charge in [-0.3, -0.25) is 0 Å². The van der Waals surface area contributed by atoms with Crippen LogP contribution in [0.4, 0.5) is 0 Å². The van der Waals surface area contributed by atoms with Gasteiger partial charge in [-0.25, -0.2) is 0 Å². The molecule has 78 valence electrons. The highest BCUT2D eigenvalue weighted by atomic mass is 35.5. The Morgan fingerprint density at radius 2 is 1.79 bits per heavy atom. The zero-order valence-electron chi connectivity index (χ0n) is 9.31. The van der Waals surface area contributed by atoms with E-state index >= 15 is 0 Å². The van der Waals surface area contributed by atoms with Crippen LogP contribution < -0.4 is 0 Å². The molecule has 1 rings (SSSR count). The molecule has 0 saturated heterocycles. The van der Waals surface area contributed by atoms with E-state index < -0.39 is 0 Å². The summed E-state index contributed by atoms with van der Waals surface area (Å²) >= 11 is 5.92. The molecule has 0 heterocycles. The minimum atomic E-state index is 0.622. The summed E-state index contributed by atoms with van der Waals surface area (Å²) in [6.07, 6.45) is 2.29. The van der Waals surface area contributed by atoms with E-state index in [-0.39, 0.29) is 0 Å². The van der Waals surface area contributed by atoms with Gasteiger partial charge < -0.3 is 0 Å². The van der Waals surface area contributed by atoms with Crippen LogP contribution in [0.5, 0.6) is 0 Å². The van der Waals surface area contributed by atoms with E-state index in [0.29, 0.717) is 5.92 Å². The molecule has 0 amide bonds. The molecule has 0 aromatic heterocycles. The first kappa shape index (κ1) is 11.6. The van der Waals surface area contributed by atoms with Crippen LogP contribution in [0.1, 0.15) is 30.0 Å². The van der Waals surface area contributed by atoms with Gasteiger partial charge in [0.2, 0.25) is 0 Å². The maximum absolute atomic E-state index is 5.92. The van der Waals surface area contributed by atoms with Crippen LogP contribution in [0, 0.1) is 19.8 Å². The number of benzene rings is 1. The van der Waals surface area contributed by atoms with Gasteiger partial charge in [-0.05, 0) is 42.9 Å². The van der Waals surface area contributed by atoms with Crippen LogP contribution in [-0.2, 0) is 6.42 Å². The summed E-state index contributed by atoms with van der Waals surface area (Å²) in [5.41, 5.74) is 4.28. The second-order valence-corrected chi connectivity index (χ2v) is 4.31. The lowest BCUT2D eigenvalue weighted by Gasteiger charge is -2.15. The molecule has 14 heavy (non-hydrogen) atoms. The first-order valence-electron chi connectivity index (χ1n) is 5.30. The summed E-state index contributed by atoms with van der Waals surface area (Å²) in [6.45, 7) is 6.58. The average Bonchev–Trinajstić information content (AvgIpc) is 2.18. The van der Waals surface area contributed by atoms with Crippen LogP contribution >= 0.6 is 11.6 Å². The summed E-state index contributed by atoms with van der Waals surface area (Å²) in [6, 6.07) is 6.49. The predicted octanol–water partition coefficient (Wildman–Crippen LogP) is 4.11. The Balaban J connectivity index is 2.84. The highest BCUT2D eigenvalue weighted by Crippen LogP contribution is 2.20. The fourth-order valence-electron chi connectivity index (χ4n) is 1.77. The molecule has 1 aromatic carbocycles. The highest BCUT2D eigenvalue weighted by molar-refractivity contribution is 6.18. The second-order valence-electron chi connectivity index (χ2n) is 4.00. The second kappa shape index (κ2) is 5.41. The molecule has 0 nitrogen and oxygen atoms in total. The van der Waals surface area contributed by atoms with Crippen molar-refractivity contribution in [1.82, 2.24) is 0 Å². The molecule has 0 fully saturated rings. The topological polar surface area (TPSA) is 0 Å². The van der Waals surface area contributed by atoms with E-state index in [1.807, 2.05) is 0 Å². The molecule has 0 bridgehead atoms. The van der Waals surface area contributed by atoms with E-state index in [1.165, 1.54) is 16.7 Å². The predicted molar refractivity (Wildman–Crippen MR) is 64.1 cm³/mol. The molecule has 1 heteroatoms. The van der Waals surface area contributed by atoms with E-state index in [9.17, 15) is 0 Å². The highest BCUT2D eigenvalue weighted by Gasteiger charge is 2.09. The van der Waals surface area contributed by atoms with Crippen molar-refractivity contribution in [3.05, 3.63) is 34.9 Å². The Kier molecular flexibility index (Phi) is 4.47. The smallest absolute Gasteiger partial charge is 0.0254 e. The molecule has 0 aliphatic heterocycles. The third-order valence-corrected chi connectivity index (χ3v) is 3.37. The molecular formula is C13H19Cl. The van der Waals surface area contributed by atoms with E-state index in [2.05, 4.69) is 39.0 Å². The van der Waals surface area contributed by atoms with Gasteiger partial charge >= 0.3 is 0 Å². The summed E-state index contributed by atoms with van der Waals surface area (Å²) in [4.78, 5) is 0. The minimum Gasteiger partial charge on any atom is -0.126 e. The maximum Gasteiger partial charge on any atom is 0.0254 e. The summed E-state index contributed by atoms with van der Waals surface area (Å²) < 4.78 is 0. The number of halogens is 1. The zero-order chi connectivity index (χ0) is 10.6.